The van der Waals surface area contributed by atoms with Crippen molar-refractivity contribution in [1.29, 1.82) is 5.26 Å². The van der Waals surface area contributed by atoms with Crippen LogP contribution in [0.25, 0.3) is 6.08 Å². The van der Waals surface area contributed by atoms with Crippen LogP contribution in [0.1, 0.15) is 49.1 Å². The summed E-state index contributed by atoms with van der Waals surface area (Å²) >= 11 is 6.84. The molecule has 2 fully saturated rings. The third kappa shape index (κ3) is 4.66. The summed E-state index contributed by atoms with van der Waals surface area (Å²) in [6, 6.07) is 11.6. The minimum absolute atomic E-state index is 0.0254. The van der Waals surface area contributed by atoms with Crippen LogP contribution in [-0.2, 0) is 16.6 Å². The number of anilines is 1. The zero-order chi connectivity index (χ0) is 25.4. The highest BCUT2D eigenvalue weighted by molar-refractivity contribution is 8.26. The number of amides is 1. The molecule has 2 saturated heterocycles. The highest BCUT2D eigenvalue weighted by Crippen LogP contribution is 2.39. The van der Waals surface area contributed by atoms with Crippen molar-refractivity contribution in [1.82, 2.24) is 9.47 Å². The molecule has 1 aromatic heterocycles. The van der Waals surface area contributed by atoms with Gasteiger partial charge in [-0.2, -0.15) is 5.26 Å². The molecule has 0 bridgehead atoms. The van der Waals surface area contributed by atoms with Crippen molar-refractivity contribution in [2.45, 2.75) is 45.9 Å². The van der Waals surface area contributed by atoms with Crippen molar-refractivity contribution in [3.8, 4) is 6.07 Å². The number of ether oxygens (including phenoxy) is 1. The Morgan fingerprint density at radius 3 is 2.43 bits per heavy atom. The third-order valence-electron chi connectivity index (χ3n) is 6.46. The summed E-state index contributed by atoms with van der Waals surface area (Å²) in [7, 11) is 1.67. The fourth-order valence-corrected chi connectivity index (χ4v) is 6.17. The molecule has 1 aromatic carbocycles. The molecule has 3 atom stereocenters. The Kier molecular flexibility index (Phi) is 7.17. The van der Waals surface area contributed by atoms with E-state index in [2.05, 4.69) is 11.0 Å². The van der Waals surface area contributed by atoms with E-state index in [1.54, 1.807) is 24.9 Å². The lowest BCUT2D eigenvalue weighted by Crippen LogP contribution is -2.47. The van der Waals surface area contributed by atoms with Gasteiger partial charge in [0.25, 0.3) is 11.5 Å². The number of aromatic nitrogens is 1. The van der Waals surface area contributed by atoms with E-state index in [-0.39, 0.29) is 35.3 Å². The molecule has 2 aliphatic rings. The molecule has 3 heterocycles. The smallest absolute Gasteiger partial charge is 0.270 e. The van der Waals surface area contributed by atoms with Crippen LogP contribution in [0.15, 0.2) is 40.0 Å². The zero-order valence-corrected chi connectivity index (χ0v) is 22.1. The lowest BCUT2D eigenvalue weighted by atomic mass is 10.0. The van der Waals surface area contributed by atoms with Gasteiger partial charge in [0.05, 0.1) is 23.2 Å². The molecule has 2 aromatic rings. The van der Waals surface area contributed by atoms with Crippen LogP contribution in [-0.4, -0.2) is 45.0 Å². The van der Waals surface area contributed by atoms with Crippen molar-refractivity contribution < 1.29 is 9.53 Å². The van der Waals surface area contributed by atoms with Gasteiger partial charge in [-0.25, -0.2) is 0 Å². The first kappa shape index (κ1) is 25.2. The van der Waals surface area contributed by atoms with E-state index < -0.39 is 0 Å². The Bertz CT molecular complexity index is 1300. The Labute approximate surface area is 215 Å². The molecule has 0 spiro atoms. The second kappa shape index (κ2) is 9.97. The predicted octanol–water partition coefficient (Wildman–Crippen LogP) is 4.14. The van der Waals surface area contributed by atoms with E-state index in [4.69, 9.17) is 17.0 Å². The number of morpholine rings is 1. The fourth-order valence-electron chi connectivity index (χ4n) is 4.77. The van der Waals surface area contributed by atoms with Gasteiger partial charge in [-0.3, -0.25) is 19.1 Å². The van der Waals surface area contributed by atoms with Gasteiger partial charge in [-0.15, -0.1) is 0 Å². The molecule has 3 unspecified atom stereocenters. The highest BCUT2D eigenvalue weighted by atomic mass is 32.2. The summed E-state index contributed by atoms with van der Waals surface area (Å²) < 4.78 is 7.88. The van der Waals surface area contributed by atoms with Gasteiger partial charge in [-0.1, -0.05) is 54.3 Å². The summed E-state index contributed by atoms with van der Waals surface area (Å²) in [5.74, 6) is 0.493. The predicted molar refractivity (Wildman–Crippen MR) is 143 cm³/mol. The number of hydrogen-bond acceptors (Lipinski definition) is 7. The van der Waals surface area contributed by atoms with Crippen molar-refractivity contribution >= 4 is 46.1 Å². The van der Waals surface area contributed by atoms with E-state index >= 15 is 0 Å². The van der Waals surface area contributed by atoms with E-state index in [0.29, 0.717) is 39.3 Å². The lowest BCUT2D eigenvalue weighted by molar-refractivity contribution is -0.123. The number of hydrogen-bond donors (Lipinski definition) is 0. The minimum atomic E-state index is -0.353. The van der Waals surface area contributed by atoms with Crippen LogP contribution in [0, 0.1) is 18.3 Å². The molecule has 0 radical (unpaired) electrons. The molecule has 4 rings (SSSR count). The normalized spacial score (nSPS) is 22.6. The summed E-state index contributed by atoms with van der Waals surface area (Å²) in [6.45, 7) is 8.89. The topological polar surface area (TPSA) is 78.6 Å². The molecule has 2 aliphatic heterocycles. The first-order valence-electron chi connectivity index (χ1n) is 11.5. The molecule has 7 nitrogen and oxygen atoms in total. The summed E-state index contributed by atoms with van der Waals surface area (Å²) in [5, 5.41) is 9.71. The van der Waals surface area contributed by atoms with Gasteiger partial charge in [-0.05, 0) is 44.9 Å². The minimum Gasteiger partial charge on any atom is -0.372 e. The molecule has 9 heteroatoms. The standard InChI is InChI=1S/C26H28N4O3S2/c1-15-13-29(14-16(2)33-15)23-20(17(3)21(12-27)24(31)28(23)5)11-22-25(32)30(26(34)35-22)18(4)19-9-7-6-8-10-19/h6-11,15-16,18H,13-14H2,1-5H3/b22-11-. The van der Waals surface area contributed by atoms with E-state index in [0.717, 1.165) is 5.56 Å². The van der Waals surface area contributed by atoms with E-state index in [9.17, 15) is 14.9 Å². The molecule has 0 saturated carbocycles. The van der Waals surface area contributed by atoms with Crippen LogP contribution in [0.5, 0.6) is 0 Å². The number of rotatable bonds is 4. The Hall–Kier alpha value is -2.93. The van der Waals surface area contributed by atoms with Crippen LogP contribution in [0.4, 0.5) is 5.82 Å². The molecule has 0 aliphatic carbocycles. The van der Waals surface area contributed by atoms with Crippen LogP contribution < -0.4 is 10.5 Å². The lowest BCUT2D eigenvalue weighted by Gasteiger charge is -2.38. The molecule has 0 N–H and O–H groups in total. The SMILES string of the molecule is Cc1c(/C=C2\SC(=S)N(C(C)c3ccccc3)C2=O)c(N2CC(C)OC(C)C2)n(C)c(=O)c1C#N. The number of thioether (sulfide) groups is 1. The summed E-state index contributed by atoms with van der Waals surface area (Å²) in [5.41, 5.74) is 1.95. The average Bonchev–Trinajstić information content (AvgIpc) is 3.10. The first-order valence-corrected chi connectivity index (χ1v) is 12.7. The van der Waals surface area contributed by atoms with Crippen molar-refractivity contribution in [3.63, 3.8) is 0 Å². The van der Waals surface area contributed by atoms with Crippen LogP contribution in [0.2, 0.25) is 0 Å². The maximum Gasteiger partial charge on any atom is 0.270 e. The summed E-state index contributed by atoms with van der Waals surface area (Å²) in [6.07, 6.45) is 1.73. The molecular formula is C26H28N4O3S2. The zero-order valence-electron chi connectivity index (χ0n) is 20.4. The monoisotopic (exact) mass is 508 g/mol. The quantitative estimate of drug-likeness (QED) is 0.454. The van der Waals surface area contributed by atoms with Crippen molar-refractivity contribution in [2.24, 2.45) is 7.05 Å². The largest absolute Gasteiger partial charge is 0.372 e. The molecular weight excluding hydrogens is 480 g/mol. The number of carbonyl (C=O) groups excluding carboxylic acids is 1. The number of pyridine rings is 1. The van der Waals surface area contributed by atoms with E-state index in [1.807, 2.05) is 51.1 Å². The van der Waals surface area contributed by atoms with Gasteiger partial charge in [0.15, 0.2) is 0 Å². The van der Waals surface area contributed by atoms with Gasteiger partial charge in [0.2, 0.25) is 0 Å². The van der Waals surface area contributed by atoms with Crippen molar-refractivity contribution in [3.05, 3.63) is 67.8 Å². The number of carbonyl (C=O) groups is 1. The van der Waals surface area contributed by atoms with Crippen LogP contribution >= 0.6 is 24.0 Å². The Morgan fingerprint density at radius 2 is 1.83 bits per heavy atom. The van der Waals surface area contributed by atoms with E-state index in [1.165, 1.54) is 16.3 Å². The second-order valence-electron chi connectivity index (χ2n) is 9.01. The number of thiocarbonyl (C=S) groups is 1. The summed E-state index contributed by atoms with van der Waals surface area (Å²) in [4.78, 5) is 30.7. The van der Waals surface area contributed by atoms with Gasteiger partial charge >= 0.3 is 0 Å². The second-order valence-corrected chi connectivity index (χ2v) is 10.7. The third-order valence-corrected chi connectivity index (χ3v) is 7.79. The Balaban J connectivity index is 1.82. The van der Waals surface area contributed by atoms with Gasteiger partial charge < -0.3 is 9.64 Å². The number of benzene rings is 1. The Morgan fingerprint density at radius 1 is 1.20 bits per heavy atom. The number of nitriles is 1. The highest BCUT2D eigenvalue weighted by Gasteiger charge is 2.37. The molecule has 1 amide bonds. The fraction of sp³-hybridized carbons (Fsp3) is 0.385. The van der Waals surface area contributed by atoms with Crippen LogP contribution in [0.3, 0.4) is 0 Å². The maximum absolute atomic E-state index is 13.5. The molecule has 182 valence electrons. The van der Waals surface area contributed by atoms with Gasteiger partial charge in [0.1, 0.15) is 21.8 Å². The van der Waals surface area contributed by atoms with Gasteiger partial charge in [0, 0.05) is 25.7 Å². The number of nitrogens with zero attached hydrogens (tertiary/aromatic N) is 4. The van der Waals surface area contributed by atoms with Crippen molar-refractivity contribution in [2.75, 3.05) is 18.0 Å². The molecule has 35 heavy (non-hydrogen) atoms. The maximum atomic E-state index is 13.5. The average molecular weight is 509 g/mol. The first-order chi connectivity index (χ1) is 16.6.